The Hall–Kier alpha value is -2.15. The largest absolute Gasteiger partial charge is 0.494 e. The van der Waals surface area contributed by atoms with Gasteiger partial charge in [-0.2, -0.15) is 0 Å². The molecule has 1 aromatic rings. The number of nitro groups is 1. The molecule has 20 heavy (non-hydrogen) atoms. The van der Waals surface area contributed by atoms with E-state index in [0.717, 1.165) is 0 Å². The van der Waals surface area contributed by atoms with Crippen molar-refractivity contribution in [2.75, 3.05) is 6.61 Å². The number of nitrogens with zero attached hydrogens (tertiary/aromatic N) is 1. The fraction of sp³-hybridized carbons (Fsp3) is 0.462. The molecule has 1 unspecified atom stereocenters. The second kappa shape index (κ2) is 6.85. The second-order valence-electron chi connectivity index (χ2n) is 4.78. The average Bonchev–Trinajstić information content (AvgIpc) is 2.38. The van der Waals surface area contributed by atoms with E-state index in [4.69, 9.17) is 15.6 Å². The molecule has 0 bridgehead atoms. The first kappa shape index (κ1) is 15.9. The maximum absolute atomic E-state index is 10.8. The van der Waals surface area contributed by atoms with Crippen LogP contribution < -0.4 is 10.5 Å². The van der Waals surface area contributed by atoms with E-state index < -0.39 is 16.4 Å². The van der Waals surface area contributed by atoms with Gasteiger partial charge in [0, 0.05) is 12.1 Å². The molecule has 1 atom stereocenters. The van der Waals surface area contributed by atoms with E-state index in [1.54, 1.807) is 0 Å². The lowest BCUT2D eigenvalue weighted by Gasteiger charge is -2.18. The number of nitrogens with two attached hydrogens (primary N) is 1. The molecule has 0 saturated carbocycles. The fourth-order valence-corrected chi connectivity index (χ4v) is 1.56. The van der Waals surface area contributed by atoms with Gasteiger partial charge in [0.2, 0.25) is 0 Å². The Labute approximate surface area is 116 Å². The lowest BCUT2D eigenvalue weighted by molar-refractivity contribution is -0.384. The van der Waals surface area contributed by atoms with Crippen LogP contribution in [0.4, 0.5) is 5.69 Å². The lowest BCUT2D eigenvalue weighted by Crippen LogP contribution is -2.44. The molecule has 1 aromatic carbocycles. The van der Waals surface area contributed by atoms with Crippen molar-refractivity contribution in [1.82, 2.24) is 0 Å². The van der Waals surface area contributed by atoms with Gasteiger partial charge in [0.1, 0.15) is 11.3 Å². The molecule has 0 aromatic heterocycles. The normalized spacial score (nSPS) is 13.5. The summed E-state index contributed by atoms with van der Waals surface area (Å²) in [5.41, 5.74) is 4.39. The quantitative estimate of drug-likeness (QED) is 0.427. The van der Waals surface area contributed by atoms with Crippen LogP contribution in [-0.4, -0.2) is 28.1 Å². The van der Waals surface area contributed by atoms with Crippen LogP contribution in [0.1, 0.15) is 26.2 Å². The zero-order chi connectivity index (χ0) is 15.2. The molecule has 0 fully saturated rings. The molecule has 0 amide bonds. The summed E-state index contributed by atoms with van der Waals surface area (Å²) in [5, 5.41) is 19.3. The molecule has 0 heterocycles. The minimum atomic E-state index is -1.21. The van der Waals surface area contributed by atoms with Crippen LogP contribution in [0.5, 0.6) is 5.75 Å². The maximum Gasteiger partial charge on any atom is 0.323 e. The third kappa shape index (κ3) is 4.85. The maximum atomic E-state index is 10.8. The van der Waals surface area contributed by atoms with Crippen molar-refractivity contribution in [1.29, 1.82) is 0 Å². The molecule has 0 radical (unpaired) electrons. The summed E-state index contributed by atoms with van der Waals surface area (Å²) in [4.78, 5) is 20.8. The van der Waals surface area contributed by atoms with E-state index in [2.05, 4.69) is 0 Å². The Balaban J connectivity index is 2.28. The van der Waals surface area contributed by atoms with E-state index in [-0.39, 0.29) is 5.69 Å². The highest BCUT2D eigenvalue weighted by Crippen LogP contribution is 2.18. The monoisotopic (exact) mass is 282 g/mol. The molecule has 1 rings (SSSR count). The van der Waals surface area contributed by atoms with Crippen molar-refractivity contribution in [3.63, 3.8) is 0 Å². The van der Waals surface area contributed by atoms with Gasteiger partial charge in [0.05, 0.1) is 11.5 Å². The van der Waals surface area contributed by atoms with Crippen LogP contribution in [0.2, 0.25) is 0 Å². The SMILES string of the molecule is CC(N)(CCCCOc1ccc([N+](=O)[O-])cc1)C(=O)O. The highest BCUT2D eigenvalue weighted by Gasteiger charge is 2.26. The van der Waals surface area contributed by atoms with Gasteiger partial charge >= 0.3 is 5.97 Å². The number of hydrogen-bond acceptors (Lipinski definition) is 5. The van der Waals surface area contributed by atoms with E-state index in [0.29, 0.717) is 31.6 Å². The third-order valence-electron chi connectivity index (χ3n) is 2.90. The van der Waals surface area contributed by atoms with Crippen LogP contribution >= 0.6 is 0 Å². The number of hydrogen-bond donors (Lipinski definition) is 2. The number of ether oxygens (including phenoxy) is 1. The van der Waals surface area contributed by atoms with Crippen molar-refractivity contribution in [2.45, 2.75) is 31.7 Å². The minimum Gasteiger partial charge on any atom is -0.494 e. The van der Waals surface area contributed by atoms with Gasteiger partial charge in [0.25, 0.3) is 5.69 Å². The van der Waals surface area contributed by atoms with Crippen molar-refractivity contribution < 1.29 is 19.6 Å². The van der Waals surface area contributed by atoms with E-state index in [9.17, 15) is 14.9 Å². The number of carboxylic acids is 1. The first-order chi connectivity index (χ1) is 9.33. The number of aliphatic carboxylic acids is 1. The smallest absolute Gasteiger partial charge is 0.323 e. The summed E-state index contributed by atoms with van der Waals surface area (Å²) in [6.45, 7) is 1.89. The van der Waals surface area contributed by atoms with Crippen LogP contribution in [0.15, 0.2) is 24.3 Å². The lowest BCUT2D eigenvalue weighted by atomic mass is 9.97. The predicted octanol–water partition coefficient (Wildman–Crippen LogP) is 1.95. The zero-order valence-corrected chi connectivity index (χ0v) is 11.2. The molecular weight excluding hydrogens is 264 g/mol. The Kier molecular flexibility index (Phi) is 5.45. The topological polar surface area (TPSA) is 116 Å². The molecule has 110 valence electrons. The number of rotatable bonds is 8. The van der Waals surface area contributed by atoms with Gasteiger partial charge in [0.15, 0.2) is 0 Å². The highest BCUT2D eigenvalue weighted by molar-refractivity contribution is 5.77. The molecule has 0 saturated heterocycles. The van der Waals surface area contributed by atoms with Crippen LogP contribution in [0.25, 0.3) is 0 Å². The van der Waals surface area contributed by atoms with Gasteiger partial charge in [-0.05, 0) is 38.3 Å². The van der Waals surface area contributed by atoms with Gasteiger partial charge in [-0.15, -0.1) is 0 Å². The van der Waals surface area contributed by atoms with E-state index in [1.165, 1.54) is 31.2 Å². The van der Waals surface area contributed by atoms with Crippen molar-refractivity contribution in [3.8, 4) is 5.75 Å². The van der Waals surface area contributed by atoms with Crippen LogP contribution in [0.3, 0.4) is 0 Å². The first-order valence-corrected chi connectivity index (χ1v) is 6.22. The van der Waals surface area contributed by atoms with E-state index >= 15 is 0 Å². The van der Waals surface area contributed by atoms with Crippen LogP contribution in [-0.2, 0) is 4.79 Å². The summed E-state index contributed by atoms with van der Waals surface area (Å²) in [6, 6.07) is 5.80. The number of carboxylic acid groups (broad SMARTS) is 1. The van der Waals surface area contributed by atoms with Gasteiger partial charge in [-0.3, -0.25) is 14.9 Å². The number of unbranched alkanes of at least 4 members (excludes halogenated alkanes) is 1. The van der Waals surface area contributed by atoms with E-state index in [1.807, 2.05) is 0 Å². The van der Waals surface area contributed by atoms with Gasteiger partial charge < -0.3 is 15.6 Å². The van der Waals surface area contributed by atoms with Crippen molar-refractivity contribution in [3.05, 3.63) is 34.4 Å². The fourth-order valence-electron chi connectivity index (χ4n) is 1.56. The van der Waals surface area contributed by atoms with Crippen molar-refractivity contribution >= 4 is 11.7 Å². The third-order valence-corrected chi connectivity index (χ3v) is 2.90. The predicted molar refractivity (Wildman–Crippen MR) is 72.7 cm³/mol. The molecule has 0 aliphatic rings. The number of carbonyl (C=O) groups is 1. The molecule has 7 heteroatoms. The number of nitro benzene ring substituents is 1. The minimum absolute atomic E-state index is 0.0118. The summed E-state index contributed by atoms with van der Waals surface area (Å²) in [7, 11) is 0. The summed E-state index contributed by atoms with van der Waals surface area (Å²) in [5.74, 6) is -0.474. The number of non-ortho nitro benzene ring substituents is 1. The molecule has 0 aliphatic heterocycles. The molecule has 0 aliphatic carbocycles. The van der Waals surface area contributed by atoms with Crippen molar-refractivity contribution in [2.24, 2.45) is 5.73 Å². The molecule has 0 spiro atoms. The number of benzene rings is 1. The van der Waals surface area contributed by atoms with Gasteiger partial charge in [-0.1, -0.05) is 0 Å². The Morgan fingerprint density at radius 3 is 2.50 bits per heavy atom. The molecular formula is C13H18N2O5. The molecule has 3 N–H and O–H groups in total. The van der Waals surface area contributed by atoms with Crippen LogP contribution in [0, 0.1) is 10.1 Å². The average molecular weight is 282 g/mol. The highest BCUT2D eigenvalue weighted by atomic mass is 16.6. The Morgan fingerprint density at radius 2 is 2.00 bits per heavy atom. The zero-order valence-electron chi connectivity index (χ0n) is 11.2. The standard InChI is InChI=1S/C13H18N2O5/c1-13(14,12(16)17)8-2-3-9-20-11-6-4-10(5-7-11)15(18)19/h4-7H,2-3,8-9,14H2,1H3,(H,16,17). The Bertz CT molecular complexity index is 470. The summed E-state index contributed by atoms with van der Waals surface area (Å²) in [6.07, 6.45) is 1.66. The Morgan fingerprint density at radius 1 is 1.40 bits per heavy atom. The van der Waals surface area contributed by atoms with Gasteiger partial charge in [-0.25, -0.2) is 0 Å². The summed E-state index contributed by atoms with van der Waals surface area (Å²) < 4.78 is 5.41. The second-order valence-corrected chi connectivity index (χ2v) is 4.78. The first-order valence-electron chi connectivity index (χ1n) is 6.22. The molecule has 7 nitrogen and oxygen atoms in total. The summed E-state index contributed by atoms with van der Waals surface area (Å²) >= 11 is 0.